The van der Waals surface area contributed by atoms with Crippen molar-refractivity contribution in [3.05, 3.63) is 42.4 Å². The quantitative estimate of drug-likeness (QED) is 0.773. The fraction of sp³-hybridized carbons (Fsp3) is 0.389. The normalized spacial score (nSPS) is 11.8. The van der Waals surface area contributed by atoms with Crippen molar-refractivity contribution >= 4 is 5.91 Å². The maximum atomic E-state index is 12.0. The molecule has 0 radical (unpaired) electrons. The minimum absolute atomic E-state index is 0.0450. The highest BCUT2D eigenvalue weighted by molar-refractivity contribution is 5.92. The molecule has 0 aliphatic carbocycles. The number of pyridine rings is 1. The third-order valence-corrected chi connectivity index (χ3v) is 3.59. The number of nitrogens with one attached hydrogen (secondary N) is 1. The van der Waals surface area contributed by atoms with Gasteiger partial charge in [0.1, 0.15) is 17.8 Å². The van der Waals surface area contributed by atoms with Crippen molar-refractivity contribution in [1.82, 2.24) is 30.0 Å². The molecule has 3 aromatic rings. The molecule has 0 aliphatic rings. The van der Waals surface area contributed by atoms with Gasteiger partial charge in [0.25, 0.3) is 11.8 Å². The smallest absolute Gasteiger partial charge is 0.271 e. The van der Waals surface area contributed by atoms with Crippen molar-refractivity contribution in [3.8, 4) is 17.3 Å². The number of hydrogen-bond acceptors (Lipinski definition) is 6. The standard InChI is InChI=1S/C18H22N6O2/c1-11(2)21-15(25)13-9-24(10-20-13)14-8-12(6-7-19-14)16-22-17(23-26-16)18(3,4)5/h6-11H,1-5H3,(H,21,25). The van der Waals surface area contributed by atoms with Crippen LogP contribution in [0.5, 0.6) is 0 Å². The van der Waals surface area contributed by atoms with Crippen molar-refractivity contribution in [2.24, 2.45) is 0 Å². The first-order valence-electron chi connectivity index (χ1n) is 8.40. The summed E-state index contributed by atoms with van der Waals surface area (Å²) in [6, 6.07) is 3.65. The van der Waals surface area contributed by atoms with Crippen molar-refractivity contribution in [2.45, 2.75) is 46.1 Å². The molecular weight excluding hydrogens is 332 g/mol. The van der Waals surface area contributed by atoms with Crippen molar-refractivity contribution < 1.29 is 9.32 Å². The molecule has 1 N–H and O–H groups in total. The summed E-state index contributed by atoms with van der Waals surface area (Å²) in [6.45, 7) is 9.87. The van der Waals surface area contributed by atoms with Crippen LogP contribution in [0.25, 0.3) is 17.3 Å². The number of nitrogens with zero attached hydrogens (tertiary/aromatic N) is 5. The Morgan fingerprint density at radius 2 is 2.04 bits per heavy atom. The maximum absolute atomic E-state index is 12.0. The summed E-state index contributed by atoms with van der Waals surface area (Å²) in [6.07, 6.45) is 4.84. The van der Waals surface area contributed by atoms with Crippen LogP contribution in [0.15, 0.2) is 35.4 Å². The van der Waals surface area contributed by atoms with E-state index in [-0.39, 0.29) is 17.4 Å². The summed E-state index contributed by atoms with van der Waals surface area (Å²) >= 11 is 0. The highest BCUT2D eigenvalue weighted by Gasteiger charge is 2.21. The summed E-state index contributed by atoms with van der Waals surface area (Å²) in [4.78, 5) is 25.0. The molecule has 0 saturated heterocycles. The zero-order valence-electron chi connectivity index (χ0n) is 15.5. The zero-order chi connectivity index (χ0) is 18.9. The lowest BCUT2D eigenvalue weighted by Gasteiger charge is -2.10. The van der Waals surface area contributed by atoms with Crippen LogP contribution in [-0.2, 0) is 5.41 Å². The molecule has 0 aromatic carbocycles. The minimum Gasteiger partial charge on any atom is -0.348 e. The van der Waals surface area contributed by atoms with Gasteiger partial charge in [-0.05, 0) is 26.0 Å². The molecule has 0 spiro atoms. The van der Waals surface area contributed by atoms with E-state index >= 15 is 0 Å². The molecule has 3 aromatic heterocycles. The molecule has 0 fully saturated rings. The summed E-state index contributed by atoms with van der Waals surface area (Å²) in [5.41, 5.74) is 0.888. The van der Waals surface area contributed by atoms with Crippen LogP contribution in [0.2, 0.25) is 0 Å². The second-order valence-electron chi connectivity index (χ2n) is 7.37. The number of hydrogen-bond donors (Lipinski definition) is 1. The molecule has 1 amide bonds. The van der Waals surface area contributed by atoms with Gasteiger partial charge in [0.2, 0.25) is 0 Å². The molecule has 8 nitrogen and oxygen atoms in total. The summed E-state index contributed by atoms with van der Waals surface area (Å²) in [5, 5.41) is 6.85. The highest BCUT2D eigenvalue weighted by Crippen LogP contribution is 2.24. The predicted molar refractivity (Wildman–Crippen MR) is 96.0 cm³/mol. The van der Waals surface area contributed by atoms with E-state index in [0.29, 0.717) is 23.2 Å². The van der Waals surface area contributed by atoms with E-state index in [4.69, 9.17) is 4.52 Å². The third-order valence-electron chi connectivity index (χ3n) is 3.59. The van der Waals surface area contributed by atoms with Gasteiger partial charge in [-0.15, -0.1) is 0 Å². The van der Waals surface area contributed by atoms with Gasteiger partial charge in [-0.2, -0.15) is 4.98 Å². The first-order chi connectivity index (χ1) is 12.2. The Labute approximate surface area is 151 Å². The average molecular weight is 354 g/mol. The fourth-order valence-electron chi connectivity index (χ4n) is 2.24. The predicted octanol–water partition coefficient (Wildman–Crippen LogP) is 2.75. The Morgan fingerprint density at radius 1 is 1.27 bits per heavy atom. The van der Waals surface area contributed by atoms with E-state index in [9.17, 15) is 4.79 Å². The number of amides is 1. The van der Waals surface area contributed by atoms with E-state index in [0.717, 1.165) is 5.56 Å². The topological polar surface area (TPSA) is 98.7 Å². The van der Waals surface area contributed by atoms with E-state index in [1.807, 2.05) is 40.7 Å². The molecule has 0 saturated carbocycles. The average Bonchev–Trinajstić information content (AvgIpc) is 3.24. The van der Waals surface area contributed by atoms with E-state index in [1.54, 1.807) is 29.4 Å². The molecule has 0 atom stereocenters. The highest BCUT2D eigenvalue weighted by atomic mass is 16.5. The van der Waals surface area contributed by atoms with Crippen LogP contribution in [0.1, 0.15) is 50.9 Å². The molecule has 0 unspecified atom stereocenters. The summed E-state index contributed by atoms with van der Waals surface area (Å²) in [5.74, 6) is 1.45. The molecule has 8 heteroatoms. The van der Waals surface area contributed by atoms with Gasteiger partial charge in [0.15, 0.2) is 5.82 Å². The van der Waals surface area contributed by atoms with Gasteiger partial charge in [0.05, 0.1) is 0 Å². The van der Waals surface area contributed by atoms with Crippen LogP contribution in [0, 0.1) is 0 Å². The fourth-order valence-corrected chi connectivity index (χ4v) is 2.24. The minimum atomic E-state index is -0.221. The van der Waals surface area contributed by atoms with E-state index in [2.05, 4.69) is 25.4 Å². The van der Waals surface area contributed by atoms with Crippen molar-refractivity contribution in [1.29, 1.82) is 0 Å². The van der Waals surface area contributed by atoms with E-state index < -0.39 is 0 Å². The second-order valence-corrected chi connectivity index (χ2v) is 7.37. The molecule has 26 heavy (non-hydrogen) atoms. The van der Waals surface area contributed by atoms with Gasteiger partial charge < -0.3 is 9.84 Å². The number of aromatic nitrogens is 5. The Hall–Kier alpha value is -3.03. The number of rotatable bonds is 4. The van der Waals surface area contributed by atoms with Gasteiger partial charge >= 0.3 is 0 Å². The summed E-state index contributed by atoms with van der Waals surface area (Å²) < 4.78 is 7.06. The third kappa shape index (κ3) is 3.79. The number of imidazole rings is 1. The number of carbonyl (C=O) groups excluding carboxylic acids is 1. The van der Waals surface area contributed by atoms with Crippen LogP contribution >= 0.6 is 0 Å². The molecule has 3 rings (SSSR count). The van der Waals surface area contributed by atoms with Crippen LogP contribution in [0.3, 0.4) is 0 Å². The van der Waals surface area contributed by atoms with Gasteiger partial charge in [-0.1, -0.05) is 25.9 Å². The lowest BCUT2D eigenvalue weighted by molar-refractivity contribution is 0.0938. The lowest BCUT2D eigenvalue weighted by atomic mass is 9.96. The molecule has 3 heterocycles. The van der Waals surface area contributed by atoms with Gasteiger partial charge in [0, 0.05) is 29.4 Å². The first kappa shape index (κ1) is 17.8. The number of carbonyl (C=O) groups is 1. The Balaban J connectivity index is 1.87. The van der Waals surface area contributed by atoms with Crippen LogP contribution in [0.4, 0.5) is 0 Å². The van der Waals surface area contributed by atoms with E-state index in [1.165, 1.54) is 0 Å². The van der Waals surface area contributed by atoms with Crippen LogP contribution < -0.4 is 5.32 Å². The summed E-state index contributed by atoms with van der Waals surface area (Å²) in [7, 11) is 0. The monoisotopic (exact) mass is 354 g/mol. The van der Waals surface area contributed by atoms with Crippen molar-refractivity contribution in [2.75, 3.05) is 0 Å². The molecule has 0 aliphatic heterocycles. The molecular formula is C18H22N6O2. The van der Waals surface area contributed by atoms with Crippen molar-refractivity contribution in [3.63, 3.8) is 0 Å². The van der Waals surface area contributed by atoms with Gasteiger partial charge in [-0.25, -0.2) is 9.97 Å². The van der Waals surface area contributed by atoms with Crippen LogP contribution in [-0.4, -0.2) is 36.6 Å². The Morgan fingerprint density at radius 3 is 2.69 bits per heavy atom. The molecule has 0 bridgehead atoms. The zero-order valence-corrected chi connectivity index (χ0v) is 15.5. The maximum Gasteiger partial charge on any atom is 0.271 e. The largest absolute Gasteiger partial charge is 0.348 e. The molecule has 136 valence electrons. The van der Waals surface area contributed by atoms with Gasteiger partial charge in [-0.3, -0.25) is 9.36 Å². The lowest BCUT2D eigenvalue weighted by Crippen LogP contribution is -2.30. The second kappa shape index (κ2) is 6.70. The SMILES string of the molecule is CC(C)NC(=O)c1cn(-c2cc(-c3nc(C(C)(C)C)no3)ccn2)cn1. The first-order valence-corrected chi connectivity index (χ1v) is 8.40. The Bertz CT molecular complexity index is 920. The Kier molecular flexibility index (Phi) is 4.58.